The second kappa shape index (κ2) is 7.90. The van der Waals surface area contributed by atoms with Gasteiger partial charge in [0.05, 0.1) is 5.25 Å². The van der Waals surface area contributed by atoms with Crippen LogP contribution >= 0.6 is 0 Å². The zero-order chi connectivity index (χ0) is 15.3. The second-order valence-electron chi connectivity index (χ2n) is 6.70. The van der Waals surface area contributed by atoms with Crippen LogP contribution in [0.3, 0.4) is 0 Å². The normalized spacial score (nSPS) is 25.6. The summed E-state index contributed by atoms with van der Waals surface area (Å²) in [5.41, 5.74) is 5.69. The SMILES string of the molecule is CC(CN)CN1CCCN(S(=O)(=O)C2CCCCC2)CC1. The van der Waals surface area contributed by atoms with Gasteiger partial charge in [-0.2, -0.15) is 0 Å². The molecule has 0 radical (unpaired) electrons. The van der Waals surface area contributed by atoms with Crippen LogP contribution in [0.2, 0.25) is 0 Å². The minimum atomic E-state index is -3.08. The molecule has 0 spiro atoms. The van der Waals surface area contributed by atoms with E-state index in [0.717, 1.165) is 51.7 Å². The molecule has 0 amide bonds. The third-order valence-electron chi connectivity index (χ3n) is 4.85. The average Bonchev–Trinajstić information content (AvgIpc) is 2.74. The van der Waals surface area contributed by atoms with Crippen LogP contribution < -0.4 is 5.73 Å². The lowest BCUT2D eigenvalue weighted by Gasteiger charge is -2.29. The molecule has 5 nitrogen and oxygen atoms in total. The number of nitrogens with zero attached hydrogens (tertiary/aromatic N) is 2. The topological polar surface area (TPSA) is 66.6 Å². The molecule has 0 aromatic rings. The fourth-order valence-corrected chi connectivity index (χ4v) is 5.54. The van der Waals surface area contributed by atoms with Crippen molar-refractivity contribution in [2.24, 2.45) is 11.7 Å². The number of hydrogen-bond acceptors (Lipinski definition) is 4. The maximum atomic E-state index is 12.8. The molecule has 2 fully saturated rings. The summed E-state index contributed by atoms with van der Waals surface area (Å²) in [6.07, 6.45) is 5.97. The molecule has 21 heavy (non-hydrogen) atoms. The zero-order valence-corrected chi connectivity index (χ0v) is 14.2. The van der Waals surface area contributed by atoms with Crippen LogP contribution in [0.1, 0.15) is 45.4 Å². The maximum Gasteiger partial charge on any atom is 0.217 e. The first-order valence-electron chi connectivity index (χ1n) is 8.45. The molecule has 0 aromatic heterocycles. The molecule has 1 heterocycles. The fraction of sp³-hybridized carbons (Fsp3) is 1.00. The van der Waals surface area contributed by atoms with E-state index in [0.29, 0.717) is 25.6 Å². The van der Waals surface area contributed by atoms with E-state index in [2.05, 4.69) is 11.8 Å². The molecule has 1 atom stereocenters. The van der Waals surface area contributed by atoms with Gasteiger partial charge in [-0.3, -0.25) is 0 Å². The number of nitrogens with two attached hydrogens (primary N) is 1. The van der Waals surface area contributed by atoms with Crippen molar-refractivity contribution in [3.05, 3.63) is 0 Å². The second-order valence-corrected chi connectivity index (χ2v) is 8.91. The molecule has 1 saturated heterocycles. The molecule has 1 aliphatic carbocycles. The predicted molar refractivity (Wildman–Crippen MR) is 86.6 cm³/mol. The van der Waals surface area contributed by atoms with Gasteiger partial charge in [0.25, 0.3) is 0 Å². The molecule has 1 unspecified atom stereocenters. The molecule has 124 valence electrons. The molecule has 0 bridgehead atoms. The Morgan fingerprint density at radius 2 is 1.76 bits per heavy atom. The number of rotatable bonds is 5. The van der Waals surface area contributed by atoms with E-state index in [-0.39, 0.29) is 5.25 Å². The molecular weight excluding hydrogens is 286 g/mol. The first-order chi connectivity index (χ1) is 10.0. The lowest BCUT2D eigenvalue weighted by Crippen LogP contribution is -2.42. The van der Waals surface area contributed by atoms with Crippen LogP contribution in [0.5, 0.6) is 0 Å². The van der Waals surface area contributed by atoms with Crippen molar-refractivity contribution in [1.82, 2.24) is 9.21 Å². The molecule has 0 aromatic carbocycles. The zero-order valence-electron chi connectivity index (χ0n) is 13.3. The predicted octanol–water partition coefficient (Wildman–Crippen LogP) is 1.25. The highest BCUT2D eigenvalue weighted by molar-refractivity contribution is 7.89. The van der Waals surface area contributed by atoms with E-state index >= 15 is 0 Å². The van der Waals surface area contributed by atoms with Gasteiger partial charge in [0.15, 0.2) is 0 Å². The Morgan fingerprint density at radius 3 is 2.43 bits per heavy atom. The van der Waals surface area contributed by atoms with Crippen molar-refractivity contribution >= 4 is 10.0 Å². The summed E-state index contributed by atoms with van der Waals surface area (Å²) in [6.45, 7) is 7.00. The summed E-state index contributed by atoms with van der Waals surface area (Å²) < 4.78 is 27.3. The van der Waals surface area contributed by atoms with Gasteiger partial charge in [-0.05, 0) is 38.3 Å². The highest BCUT2D eigenvalue weighted by Crippen LogP contribution is 2.26. The van der Waals surface area contributed by atoms with Gasteiger partial charge in [-0.15, -0.1) is 0 Å². The van der Waals surface area contributed by atoms with Gasteiger partial charge in [0, 0.05) is 26.2 Å². The first-order valence-corrected chi connectivity index (χ1v) is 9.95. The monoisotopic (exact) mass is 317 g/mol. The molecule has 2 aliphatic rings. The summed E-state index contributed by atoms with van der Waals surface area (Å²) in [4.78, 5) is 2.37. The molecular formula is C15H31N3O2S. The van der Waals surface area contributed by atoms with Crippen LogP contribution in [0.25, 0.3) is 0 Å². The summed E-state index contributed by atoms with van der Waals surface area (Å²) in [6, 6.07) is 0. The Morgan fingerprint density at radius 1 is 1.05 bits per heavy atom. The summed E-state index contributed by atoms with van der Waals surface area (Å²) in [7, 11) is -3.08. The minimum absolute atomic E-state index is 0.124. The van der Waals surface area contributed by atoms with Crippen LogP contribution in [-0.4, -0.2) is 62.1 Å². The standard InChI is InChI=1S/C15H31N3O2S/c1-14(12-16)13-17-8-5-9-18(11-10-17)21(19,20)15-6-3-2-4-7-15/h14-15H,2-13,16H2,1H3. The van der Waals surface area contributed by atoms with E-state index in [1.165, 1.54) is 6.42 Å². The molecule has 2 N–H and O–H groups in total. The average molecular weight is 317 g/mol. The number of sulfonamides is 1. The van der Waals surface area contributed by atoms with E-state index in [4.69, 9.17) is 5.73 Å². The highest BCUT2D eigenvalue weighted by atomic mass is 32.2. The Labute approximate surface area is 129 Å². The van der Waals surface area contributed by atoms with Gasteiger partial charge in [-0.25, -0.2) is 12.7 Å². The molecule has 1 aliphatic heterocycles. The minimum Gasteiger partial charge on any atom is -0.330 e. The van der Waals surface area contributed by atoms with E-state index in [1.807, 2.05) is 0 Å². The van der Waals surface area contributed by atoms with Crippen LogP contribution in [0, 0.1) is 5.92 Å². The van der Waals surface area contributed by atoms with Gasteiger partial charge < -0.3 is 10.6 Å². The van der Waals surface area contributed by atoms with Crippen LogP contribution in [0.15, 0.2) is 0 Å². The van der Waals surface area contributed by atoms with Gasteiger partial charge in [0.2, 0.25) is 10.0 Å². The molecule has 2 rings (SSSR count). The van der Waals surface area contributed by atoms with Crippen molar-refractivity contribution in [2.75, 3.05) is 39.3 Å². The van der Waals surface area contributed by atoms with Gasteiger partial charge in [0.1, 0.15) is 0 Å². The summed E-state index contributed by atoms with van der Waals surface area (Å²) >= 11 is 0. The van der Waals surface area contributed by atoms with Gasteiger partial charge >= 0.3 is 0 Å². The van der Waals surface area contributed by atoms with Crippen molar-refractivity contribution in [3.8, 4) is 0 Å². The Kier molecular flexibility index (Phi) is 6.47. The van der Waals surface area contributed by atoms with Crippen molar-refractivity contribution in [3.63, 3.8) is 0 Å². The third-order valence-corrected chi connectivity index (χ3v) is 7.25. The van der Waals surface area contributed by atoms with E-state index < -0.39 is 10.0 Å². The molecule has 1 saturated carbocycles. The van der Waals surface area contributed by atoms with Gasteiger partial charge in [-0.1, -0.05) is 26.2 Å². The fourth-order valence-electron chi connectivity index (χ4n) is 3.47. The van der Waals surface area contributed by atoms with Crippen LogP contribution in [-0.2, 0) is 10.0 Å². The summed E-state index contributed by atoms with van der Waals surface area (Å²) in [5, 5.41) is -0.124. The smallest absolute Gasteiger partial charge is 0.217 e. The highest BCUT2D eigenvalue weighted by Gasteiger charge is 2.33. The quantitative estimate of drug-likeness (QED) is 0.829. The number of hydrogen-bond donors (Lipinski definition) is 1. The first kappa shape index (κ1) is 17.2. The molecule has 6 heteroatoms. The lowest BCUT2D eigenvalue weighted by atomic mass is 10.0. The lowest BCUT2D eigenvalue weighted by molar-refractivity contribution is 0.250. The van der Waals surface area contributed by atoms with Crippen molar-refractivity contribution in [1.29, 1.82) is 0 Å². The Balaban J connectivity index is 1.92. The maximum absolute atomic E-state index is 12.8. The third kappa shape index (κ3) is 4.65. The largest absolute Gasteiger partial charge is 0.330 e. The van der Waals surface area contributed by atoms with Crippen molar-refractivity contribution < 1.29 is 8.42 Å². The van der Waals surface area contributed by atoms with Crippen LogP contribution in [0.4, 0.5) is 0 Å². The van der Waals surface area contributed by atoms with E-state index in [9.17, 15) is 8.42 Å². The van der Waals surface area contributed by atoms with Crippen molar-refractivity contribution in [2.45, 2.75) is 50.7 Å². The Hall–Kier alpha value is -0.170. The Bertz CT molecular complexity index is 407. The van der Waals surface area contributed by atoms with E-state index in [1.54, 1.807) is 4.31 Å². The summed E-state index contributed by atoms with van der Waals surface area (Å²) in [5.74, 6) is 0.478.